The number of hydrogen-bond acceptors (Lipinski definition) is 6. The van der Waals surface area contributed by atoms with Crippen LogP contribution in [0.1, 0.15) is 73.7 Å². The molecule has 5 rings (SSSR count). The van der Waals surface area contributed by atoms with Crippen LogP contribution in [0.4, 0.5) is 0 Å². The quantitative estimate of drug-likeness (QED) is 0.596. The number of carbonyl (C=O) groups is 3. The third kappa shape index (κ3) is 4.84. The van der Waals surface area contributed by atoms with E-state index >= 15 is 0 Å². The number of amides is 3. The summed E-state index contributed by atoms with van der Waals surface area (Å²) >= 11 is 0. The van der Waals surface area contributed by atoms with Crippen molar-refractivity contribution in [1.29, 1.82) is 0 Å². The summed E-state index contributed by atoms with van der Waals surface area (Å²) in [6, 6.07) is 5.37. The van der Waals surface area contributed by atoms with Gasteiger partial charge < -0.3 is 19.7 Å². The average Bonchev–Trinajstić information content (AvgIpc) is 3.41. The molecule has 184 valence electrons. The normalized spacial score (nSPS) is 31.5. The standard InChI is InChI=1S/C26H35N3O5/c1-33-18-7-5-16(6-8-18)14-27-21-3-2-4-23(21)34-19-9-10-20-17(13-19)15-29(26(20)32)22-11-12-24(30)28-25(22)31/h9-10,13,16,18,21-23,27H,2-8,11-12,14-15H2,1H3,(H,28,30,31)/t16?,18?,21-,22?,23+/m1/s1. The molecular weight excluding hydrogens is 434 g/mol. The van der Waals surface area contributed by atoms with Gasteiger partial charge in [-0.1, -0.05) is 0 Å². The second-order valence-corrected chi connectivity index (χ2v) is 10.2. The van der Waals surface area contributed by atoms with Crippen molar-refractivity contribution in [3.63, 3.8) is 0 Å². The molecule has 1 aromatic carbocycles. The Bertz CT molecular complexity index is 942. The minimum absolute atomic E-state index is 0.122. The lowest BCUT2D eigenvalue weighted by Gasteiger charge is -2.30. The summed E-state index contributed by atoms with van der Waals surface area (Å²) in [5, 5.41) is 6.12. The Labute approximate surface area is 200 Å². The molecule has 3 amide bonds. The Morgan fingerprint density at radius 3 is 2.65 bits per heavy atom. The van der Waals surface area contributed by atoms with Crippen LogP contribution in [0.5, 0.6) is 5.75 Å². The first-order chi connectivity index (χ1) is 16.5. The average molecular weight is 470 g/mol. The van der Waals surface area contributed by atoms with E-state index in [2.05, 4.69) is 10.6 Å². The maximum absolute atomic E-state index is 12.9. The van der Waals surface area contributed by atoms with Crippen molar-refractivity contribution >= 4 is 17.7 Å². The monoisotopic (exact) mass is 469 g/mol. The van der Waals surface area contributed by atoms with Crippen molar-refractivity contribution < 1.29 is 23.9 Å². The molecule has 2 aliphatic heterocycles. The SMILES string of the molecule is COC1CCC(CN[C@@H]2CCC[C@@H]2Oc2ccc3c(c2)CN(C2CCC(=O)NC2=O)C3=O)CC1. The zero-order valence-electron chi connectivity index (χ0n) is 19.9. The highest BCUT2D eigenvalue weighted by Crippen LogP contribution is 2.32. The van der Waals surface area contributed by atoms with Gasteiger partial charge in [0.1, 0.15) is 17.9 Å². The highest BCUT2D eigenvalue weighted by Gasteiger charge is 2.39. The Balaban J connectivity index is 1.17. The van der Waals surface area contributed by atoms with Crippen LogP contribution in [0.3, 0.4) is 0 Å². The molecule has 3 atom stereocenters. The van der Waals surface area contributed by atoms with Gasteiger partial charge in [-0.15, -0.1) is 0 Å². The topological polar surface area (TPSA) is 97.0 Å². The van der Waals surface area contributed by atoms with Crippen LogP contribution in [-0.4, -0.2) is 60.6 Å². The summed E-state index contributed by atoms with van der Waals surface area (Å²) in [5.74, 6) is 0.667. The minimum Gasteiger partial charge on any atom is -0.489 e. The lowest BCUT2D eigenvalue weighted by molar-refractivity contribution is -0.136. The van der Waals surface area contributed by atoms with E-state index in [1.807, 2.05) is 25.3 Å². The molecule has 2 heterocycles. The predicted molar refractivity (Wildman–Crippen MR) is 125 cm³/mol. The number of ether oxygens (including phenoxy) is 2. The zero-order chi connectivity index (χ0) is 23.7. The summed E-state index contributed by atoms with van der Waals surface area (Å²) in [5.41, 5.74) is 1.49. The number of fused-ring (bicyclic) bond motifs is 1. The number of nitrogens with one attached hydrogen (secondary N) is 2. The van der Waals surface area contributed by atoms with E-state index < -0.39 is 6.04 Å². The highest BCUT2D eigenvalue weighted by atomic mass is 16.5. The molecular formula is C26H35N3O5. The number of piperidine rings is 1. The third-order valence-electron chi connectivity index (χ3n) is 8.03. The van der Waals surface area contributed by atoms with Crippen molar-refractivity contribution in [2.24, 2.45) is 5.92 Å². The van der Waals surface area contributed by atoms with Crippen molar-refractivity contribution in [2.75, 3.05) is 13.7 Å². The number of imide groups is 1. The van der Waals surface area contributed by atoms with Gasteiger partial charge in [0.25, 0.3) is 5.91 Å². The molecule has 0 aromatic heterocycles. The molecule has 2 saturated carbocycles. The van der Waals surface area contributed by atoms with Crippen molar-refractivity contribution in [3.8, 4) is 5.75 Å². The molecule has 0 radical (unpaired) electrons. The summed E-state index contributed by atoms with van der Waals surface area (Å²) in [7, 11) is 1.81. The van der Waals surface area contributed by atoms with E-state index in [4.69, 9.17) is 9.47 Å². The fourth-order valence-corrected chi connectivity index (χ4v) is 5.99. The summed E-state index contributed by atoms with van der Waals surface area (Å²) in [4.78, 5) is 38.2. The summed E-state index contributed by atoms with van der Waals surface area (Å²) < 4.78 is 11.9. The molecule has 2 N–H and O–H groups in total. The van der Waals surface area contributed by atoms with Gasteiger partial charge in [0.15, 0.2) is 0 Å². The van der Waals surface area contributed by atoms with Crippen LogP contribution < -0.4 is 15.4 Å². The molecule has 1 unspecified atom stereocenters. The van der Waals surface area contributed by atoms with Crippen LogP contribution in [0.2, 0.25) is 0 Å². The van der Waals surface area contributed by atoms with Crippen LogP contribution in [0.15, 0.2) is 18.2 Å². The summed E-state index contributed by atoms with van der Waals surface area (Å²) in [6.45, 7) is 1.40. The fraction of sp³-hybridized carbons (Fsp3) is 0.654. The number of rotatable bonds is 7. The minimum atomic E-state index is -0.593. The van der Waals surface area contributed by atoms with E-state index in [0.29, 0.717) is 36.6 Å². The predicted octanol–water partition coefficient (Wildman–Crippen LogP) is 2.54. The van der Waals surface area contributed by atoms with Gasteiger partial charge in [0.05, 0.1) is 6.10 Å². The van der Waals surface area contributed by atoms with Crippen LogP contribution >= 0.6 is 0 Å². The second-order valence-electron chi connectivity index (χ2n) is 10.2. The number of nitrogens with zero attached hydrogens (tertiary/aromatic N) is 1. The lowest BCUT2D eigenvalue weighted by Crippen LogP contribution is -2.52. The summed E-state index contributed by atoms with van der Waals surface area (Å²) in [6.07, 6.45) is 9.19. The van der Waals surface area contributed by atoms with Gasteiger partial charge in [-0.2, -0.15) is 0 Å². The Morgan fingerprint density at radius 1 is 1.06 bits per heavy atom. The van der Waals surface area contributed by atoms with E-state index in [1.165, 1.54) is 12.8 Å². The van der Waals surface area contributed by atoms with Crippen LogP contribution in [-0.2, 0) is 20.9 Å². The third-order valence-corrected chi connectivity index (χ3v) is 8.03. The van der Waals surface area contributed by atoms with E-state index in [0.717, 1.165) is 50.0 Å². The maximum Gasteiger partial charge on any atom is 0.255 e. The van der Waals surface area contributed by atoms with E-state index in [9.17, 15) is 14.4 Å². The maximum atomic E-state index is 12.9. The first-order valence-corrected chi connectivity index (χ1v) is 12.7. The van der Waals surface area contributed by atoms with Gasteiger partial charge in [-0.25, -0.2) is 0 Å². The Hall–Kier alpha value is -2.45. The lowest BCUT2D eigenvalue weighted by atomic mass is 9.87. The molecule has 34 heavy (non-hydrogen) atoms. The number of carbonyl (C=O) groups excluding carboxylic acids is 3. The highest BCUT2D eigenvalue weighted by molar-refractivity contribution is 6.05. The van der Waals surface area contributed by atoms with Crippen LogP contribution in [0.25, 0.3) is 0 Å². The first-order valence-electron chi connectivity index (χ1n) is 12.7. The molecule has 8 heteroatoms. The van der Waals surface area contributed by atoms with Gasteiger partial charge >= 0.3 is 0 Å². The van der Waals surface area contributed by atoms with E-state index in [-0.39, 0.29) is 30.2 Å². The molecule has 1 aromatic rings. The van der Waals surface area contributed by atoms with Gasteiger partial charge in [0.2, 0.25) is 11.8 Å². The van der Waals surface area contributed by atoms with Gasteiger partial charge in [-0.05, 0) is 87.6 Å². The molecule has 4 aliphatic rings. The number of hydrogen-bond donors (Lipinski definition) is 2. The van der Waals surface area contributed by atoms with Gasteiger partial charge in [-0.3, -0.25) is 19.7 Å². The second kappa shape index (κ2) is 10.0. The van der Waals surface area contributed by atoms with Gasteiger partial charge in [0, 0.05) is 31.7 Å². The molecule has 3 fully saturated rings. The molecule has 0 spiro atoms. The fourth-order valence-electron chi connectivity index (χ4n) is 5.99. The van der Waals surface area contributed by atoms with Crippen molar-refractivity contribution in [2.45, 2.75) is 88.6 Å². The number of methoxy groups -OCH3 is 1. The van der Waals surface area contributed by atoms with E-state index in [1.54, 1.807) is 4.90 Å². The van der Waals surface area contributed by atoms with Crippen molar-refractivity contribution in [1.82, 2.24) is 15.5 Å². The smallest absolute Gasteiger partial charge is 0.255 e. The largest absolute Gasteiger partial charge is 0.489 e. The number of benzene rings is 1. The molecule has 2 aliphatic carbocycles. The molecule has 0 bridgehead atoms. The van der Waals surface area contributed by atoms with Crippen LogP contribution in [0, 0.1) is 5.92 Å². The Kier molecular flexibility index (Phi) is 6.88. The molecule has 8 nitrogen and oxygen atoms in total. The molecule has 1 saturated heterocycles. The Morgan fingerprint density at radius 2 is 1.88 bits per heavy atom. The first kappa shape index (κ1) is 23.3. The zero-order valence-corrected chi connectivity index (χ0v) is 19.9. The van der Waals surface area contributed by atoms with Crippen molar-refractivity contribution in [3.05, 3.63) is 29.3 Å².